The molecule has 0 unspecified atom stereocenters. The first-order valence-corrected chi connectivity index (χ1v) is 7.10. The zero-order valence-corrected chi connectivity index (χ0v) is 12.4. The van der Waals surface area contributed by atoms with Crippen LogP contribution in [-0.2, 0) is 0 Å². The van der Waals surface area contributed by atoms with Crippen LogP contribution in [0.1, 0.15) is 22.7 Å². The molecule has 0 aromatic heterocycles. The fourth-order valence-corrected chi connectivity index (χ4v) is 2.90. The molecule has 1 heterocycles. The first-order valence-electron chi connectivity index (χ1n) is 7.10. The van der Waals surface area contributed by atoms with Crippen LogP contribution in [0.3, 0.4) is 0 Å². The van der Waals surface area contributed by atoms with Crippen LogP contribution in [0.4, 0.5) is 8.78 Å². The predicted octanol–water partition coefficient (Wildman–Crippen LogP) is 1.58. The van der Waals surface area contributed by atoms with Gasteiger partial charge in [0, 0.05) is 26.2 Å². The third-order valence-electron chi connectivity index (χ3n) is 3.96. The van der Waals surface area contributed by atoms with Crippen molar-refractivity contribution in [2.24, 2.45) is 0 Å². The van der Waals surface area contributed by atoms with Gasteiger partial charge in [-0.2, -0.15) is 0 Å². The van der Waals surface area contributed by atoms with E-state index in [0.717, 1.165) is 0 Å². The second kappa shape index (κ2) is 6.25. The van der Waals surface area contributed by atoms with Crippen LogP contribution in [-0.4, -0.2) is 53.8 Å². The van der Waals surface area contributed by atoms with Gasteiger partial charge in [-0.3, -0.25) is 4.90 Å². The Morgan fingerprint density at radius 2 is 1.76 bits per heavy atom. The third-order valence-corrected chi connectivity index (χ3v) is 3.96. The van der Waals surface area contributed by atoms with E-state index in [1.165, 1.54) is 0 Å². The number of phenolic OH excluding ortho intramolecular Hbond substituents is 1. The zero-order valence-electron chi connectivity index (χ0n) is 12.4. The van der Waals surface area contributed by atoms with Gasteiger partial charge in [-0.15, -0.1) is 0 Å². The molecular weight excluding hydrogens is 278 g/mol. The molecule has 21 heavy (non-hydrogen) atoms. The molecule has 2 rings (SSSR count). The summed E-state index contributed by atoms with van der Waals surface area (Å²) in [6, 6.07) is 1.99. The average Bonchev–Trinajstić information content (AvgIpc) is 2.46. The van der Waals surface area contributed by atoms with Gasteiger partial charge in [-0.1, -0.05) is 12.1 Å². The number of phenols is 1. The second-order valence-electron chi connectivity index (χ2n) is 5.61. The van der Waals surface area contributed by atoms with Crippen molar-refractivity contribution in [3.05, 3.63) is 28.8 Å². The lowest BCUT2D eigenvalue weighted by molar-refractivity contribution is -0.118. The molecule has 1 saturated heterocycles. The number of hydrogen-bond donors (Lipinski definition) is 3. The molecular formula is C15H22F2N2O2. The average molecular weight is 300 g/mol. The Morgan fingerprint density at radius 1 is 1.24 bits per heavy atom. The van der Waals surface area contributed by atoms with E-state index < -0.39 is 18.6 Å². The van der Waals surface area contributed by atoms with E-state index in [1.807, 2.05) is 0 Å². The lowest BCUT2D eigenvalue weighted by Crippen LogP contribution is -2.51. The van der Waals surface area contributed by atoms with Crippen molar-refractivity contribution in [2.45, 2.75) is 25.8 Å². The lowest BCUT2D eigenvalue weighted by Gasteiger charge is -2.39. The number of aromatic hydroxyl groups is 1. The summed E-state index contributed by atoms with van der Waals surface area (Å²) in [5.41, 5.74) is 1.57. The highest BCUT2D eigenvalue weighted by Crippen LogP contribution is 2.38. The van der Waals surface area contributed by atoms with E-state index in [9.17, 15) is 13.9 Å². The molecule has 0 amide bonds. The summed E-state index contributed by atoms with van der Waals surface area (Å²) in [4.78, 5) is 1.69. The molecule has 0 aliphatic carbocycles. The Hall–Kier alpha value is -1.24. The smallest absolute Gasteiger partial charge is 0.289 e. The van der Waals surface area contributed by atoms with E-state index in [-0.39, 0.29) is 5.75 Å². The van der Waals surface area contributed by atoms with Gasteiger partial charge in [0.2, 0.25) is 0 Å². The van der Waals surface area contributed by atoms with Crippen molar-refractivity contribution in [2.75, 3.05) is 32.8 Å². The lowest BCUT2D eigenvalue weighted by atomic mass is 9.94. The summed E-state index contributed by atoms with van der Waals surface area (Å²) in [7, 11) is 0. The molecule has 0 radical (unpaired) electrons. The van der Waals surface area contributed by atoms with Crippen molar-refractivity contribution in [1.82, 2.24) is 10.2 Å². The van der Waals surface area contributed by atoms with Gasteiger partial charge in [-0.05, 0) is 30.5 Å². The van der Waals surface area contributed by atoms with Gasteiger partial charge >= 0.3 is 0 Å². The highest BCUT2D eigenvalue weighted by molar-refractivity contribution is 5.43. The predicted molar refractivity (Wildman–Crippen MR) is 76.8 cm³/mol. The molecule has 0 saturated carbocycles. The van der Waals surface area contributed by atoms with Crippen LogP contribution in [0.2, 0.25) is 0 Å². The van der Waals surface area contributed by atoms with E-state index in [2.05, 4.69) is 5.32 Å². The number of aliphatic hydroxyl groups excluding tert-OH is 1. The topological polar surface area (TPSA) is 55.7 Å². The van der Waals surface area contributed by atoms with Gasteiger partial charge in [0.15, 0.2) is 0 Å². The molecule has 0 bridgehead atoms. The Morgan fingerprint density at radius 3 is 2.24 bits per heavy atom. The number of aliphatic hydroxyl groups is 1. The number of benzene rings is 1. The molecule has 0 spiro atoms. The van der Waals surface area contributed by atoms with Gasteiger partial charge in [-0.25, -0.2) is 8.78 Å². The minimum atomic E-state index is -3.23. The van der Waals surface area contributed by atoms with E-state index >= 15 is 0 Å². The van der Waals surface area contributed by atoms with Gasteiger partial charge in [0.1, 0.15) is 18.4 Å². The second-order valence-corrected chi connectivity index (χ2v) is 5.61. The van der Waals surface area contributed by atoms with Crippen molar-refractivity contribution in [3.8, 4) is 5.75 Å². The molecule has 1 aromatic carbocycles. The number of nitrogens with one attached hydrogen (secondary N) is 1. The Labute approximate surface area is 123 Å². The molecule has 1 fully saturated rings. The number of hydrogen-bond acceptors (Lipinski definition) is 4. The summed E-state index contributed by atoms with van der Waals surface area (Å²) in [6.45, 7) is 4.48. The van der Waals surface area contributed by atoms with Crippen LogP contribution in [0.15, 0.2) is 12.1 Å². The fraction of sp³-hybridized carbons (Fsp3) is 0.600. The number of nitrogens with zero attached hydrogens (tertiary/aromatic N) is 1. The summed E-state index contributed by atoms with van der Waals surface area (Å²) in [5, 5.41) is 22.1. The van der Waals surface area contributed by atoms with Crippen LogP contribution in [0, 0.1) is 13.8 Å². The van der Waals surface area contributed by atoms with Gasteiger partial charge < -0.3 is 15.5 Å². The fourth-order valence-electron chi connectivity index (χ4n) is 2.90. The van der Waals surface area contributed by atoms with E-state index in [4.69, 9.17) is 5.11 Å². The van der Waals surface area contributed by atoms with Crippen LogP contribution >= 0.6 is 0 Å². The molecule has 4 nitrogen and oxygen atoms in total. The van der Waals surface area contributed by atoms with Crippen LogP contribution < -0.4 is 5.32 Å². The minimum Gasteiger partial charge on any atom is -0.507 e. The monoisotopic (exact) mass is 300 g/mol. The standard InChI is InChI=1S/C15H22F2N2O2/c1-10-7-12(8-11(2)13(10)21)14(15(16,17)9-20)19-5-3-18-4-6-19/h7-8,14,18,20-21H,3-6,9H2,1-2H3/t14-/m0/s1. The highest BCUT2D eigenvalue weighted by atomic mass is 19.3. The van der Waals surface area contributed by atoms with Crippen molar-refractivity contribution in [1.29, 1.82) is 0 Å². The maximum Gasteiger partial charge on any atom is 0.289 e. The first-order chi connectivity index (χ1) is 9.86. The van der Waals surface area contributed by atoms with Crippen LogP contribution in [0.5, 0.6) is 5.75 Å². The van der Waals surface area contributed by atoms with Crippen molar-refractivity contribution >= 4 is 0 Å². The highest BCUT2D eigenvalue weighted by Gasteiger charge is 2.44. The van der Waals surface area contributed by atoms with Crippen molar-refractivity contribution < 1.29 is 19.0 Å². The molecule has 3 N–H and O–H groups in total. The SMILES string of the molecule is Cc1cc([C@H](N2CCNCC2)C(F)(F)CO)cc(C)c1O. The summed E-state index contributed by atoms with van der Waals surface area (Å²) >= 11 is 0. The molecule has 1 aliphatic heterocycles. The number of halogens is 2. The molecule has 1 aliphatic rings. The Bertz CT molecular complexity index is 479. The van der Waals surface area contributed by atoms with E-state index in [0.29, 0.717) is 42.9 Å². The summed E-state index contributed by atoms with van der Waals surface area (Å²) < 4.78 is 28.6. The molecule has 6 heteroatoms. The maximum absolute atomic E-state index is 14.3. The number of aryl methyl sites for hydroxylation is 2. The Kier molecular flexibility index (Phi) is 4.81. The van der Waals surface area contributed by atoms with Gasteiger partial charge in [0.05, 0.1) is 0 Å². The number of alkyl halides is 2. The quantitative estimate of drug-likeness (QED) is 0.790. The van der Waals surface area contributed by atoms with E-state index in [1.54, 1.807) is 30.9 Å². The normalized spacial score (nSPS) is 18.7. The minimum absolute atomic E-state index is 0.130. The summed E-state index contributed by atoms with van der Waals surface area (Å²) in [6.07, 6.45) is 0. The molecule has 118 valence electrons. The van der Waals surface area contributed by atoms with Crippen LogP contribution in [0.25, 0.3) is 0 Å². The number of rotatable bonds is 4. The first kappa shape index (κ1) is 16.1. The largest absolute Gasteiger partial charge is 0.507 e. The van der Waals surface area contributed by atoms with Crippen molar-refractivity contribution in [3.63, 3.8) is 0 Å². The van der Waals surface area contributed by atoms with Gasteiger partial charge in [0.25, 0.3) is 5.92 Å². The molecule has 1 aromatic rings. The Balaban J connectivity index is 2.44. The summed E-state index contributed by atoms with van der Waals surface area (Å²) in [5.74, 6) is -3.10. The third kappa shape index (κ3) is 3.33. The maximum atomic E-state index is 14.3. The molecule has 1 atom stereocenters. The zero-order chi connectivity index (χ0) is 15.6. The number of piperazine rings is 1.